The Bertz CT molecular complexity index is 594. The monoisotopic (exact) mass is 329 g/mol. The van der Waals surface area contributed by atoms with Crippen molar-refractivity contribution in [2.45, 2.75) is 26.1 Å². The van der Waals surface area contributed by atoms with Crippen LogP contribution in [0.2, 0.25) is 0 Å². The number of carbonyl (C=O) groups is 2. The van der Waals surface area contributed by atoms with E-state index in [4.69, 9.17) is 0 Å². The van der Waals surface area contributed by atoms with Crippen LogP contribution in [0.5, 0.6) is 0 Å². The lowest BCUT2D eigenvalue weighted by Crippen LogP contribution is -2.44. The molecular formula is C16H18F3NO3. The maximum absolute atomic E-state index is 12.6. The molecule has 0 aliphatic carbocycles. The number of methoxy groups -OCH3 is 1. The Kier molecular flexibility index (Phi) is 6.36. The number of nitrogens with one attached hydrogen (secondary N) is 1. The molecule has 0 saturated heterocycles. The fraction of sp³-hybridized carbons (Fsp3) is 0.375. The van der Waals surface area contributed by atoms with Crippen LogP contribution in [0.3, 0.4) is 0 Å². The average Bonchev–Trinajstić information content (AvgIpc) is 2.49. The zero-order valence-electron chi connectivity index (χ0n) is 13.0. The first kappa shape index (κ1) is 18.7. The van der Waals surface area contributed by atoms with Crippen molar-refractivity contribution in [2.75, 3.05) is 7.11 Å². The number of hydrogen-bond donors (Lipinski definition) is 1. The van der Waals surface area contributed by atoms with Crippen molar-refractivity contribution in [1.82, 2.24) is 5.32 Å². The lowest BCUT2D eigenvalue weighted by Gasteiger charge is -2.18. The van der Waals surface area contributed by atoms with E-state index in [2.05, 4.69) is 10.1 Å². The lowest BCUT2D eigenvalue weighted by atomic mass is 10.0. The maximum Gasteiger partial charge on any atom is 0.416 e. The van der Waals surface area contributed by atoms with Gasteiger partial charge >= 0.3 is 12.1 Å². The van der Waals surface area contributed by atoms with Gasteiger partial charge in [0.1, 0.15) is 6.04 Å². The summed E-state index contributed by atoms with van der Waals surface area (Å²) in [6.07, 6.45) is -2.12. The summed E-state index contributed by atoms with van der Waals surface area (Å²) in [5, 5.41) is 2.46. The molecule has 0 heterocycles. The van der Waals surface area contributed by atoms with Crippen molar-refractivity contribution < 1.29 is 27.5 Å². The van der Waals surface area contributed by atoms with Crippen LogP contribution in [-0.2, 0) is 20.5 Å². The molecule has 0 unspecified atom stereocenters. The van der Waals surface area contributed by atoms with Crippen molar-refractivity contribution in [1.29, 1.82) is 0 Å². The van der Waals surface area contributed by atoms with Crippen LogP contribution >= 0.6 is 0 Å². The number of benzene rings is 1. The molecule has 7 heteroatoms. The van der Waals surface area contributed by atoms with E-state index in [1.165, 1.54) is 25.3 Å². The third-order valence-electron chi connectivity index (χ3n) is 3.06. The average molecular weight is 329 g/mol. The van der Waals surface area contributed by atoms with Gasteiger partial charge in [0, 0.05) is 6.08 Å². The summed E-state index contributed by atoms with van der Waals surface area (Å²) in [6, 6.07) is 3.76. The highest BCUT2D eigenvalue weighted by molar-refractivity contribution is 5.94. The number of esters is 1. The van der Waals surface area contributed by atoms with Crippen LogP contribution in [0.25, 0.3) is 6.08 Å². The molecule has 1 N–H and O–H groups in total. The lowest BCUT2D eigenvalue weighted by molar-refractivity contribution is -0.145. The Balaban J connectivity index is 2.81. The third kappa shape index (κ3) is 5.77. The van der Waals surface area contributed by atoms with Crippen LogP contribution < -0.4 is 5.32 Å². The van der Waals surface area contributed by atoms with Gasteiger partial charge in [0.15, 0.2) is 0 Å². The Morgan fingerprint density at radius 1 is 1.26 bits per heavy atom. The van der Waals surface area contributed by atoms with Gasteiger partial charge in [0.05, 0.1) is 12.7 Å². The first-order valence-corrected chi connectivity index (χ1v) is 6.89. The molecule has 23 heavy (non-hydrogen) atoms. The minimum atomic E-state index is -4.44. The van der Waals surface area contributed by atoms with Crippen LogP contribution in [0.15, 0.2) is 30.3 Å². The summed E-state index contributed by atoms with van der Waals surface area (Å²) < 4.78 is 42.4. The van der Waals surface area contributed by atoms with Crippen LogP contribution in [0.1, 0.15) is 25.0 Å². The van der Waals surface area contributed by atoms with E-state index in [1.54, 1.807) is 13.8 Å². The first-order chi connectivity index (χ1) is 10.6. The molecule has 0 saturated carbocycles. The van der Waals surface area contributed by atoms with Crippen LogP contribution in [0, 0.1) is 5.92 Å². The highest BCUT2D eigenvalue weighted by Crippen LogP contribution is 2.29. The topological polar surface area (TPSA) is 55.4 Å². The normalized spacial score (nSPS) is 13.2. The molecule has 1 amide bonds. The first-order valence-electron chi connectivity index (χ1n) is 6.89. The second-order valence-corrected chi connectivity index (χ2v) is 5.21. The molecule has 0 aliphatic heterocycles. The number of carbonyl (C=O) groups excluding carboxylic acids is 2. The molecule has 0 spiro atoms. The summed E-state index contributed by atoms with van der Waals surface area (Å²) in [5.41, 5.74) is -0.566. The predicted octanol–water partition coefficient (Wildman–Crippen LogP) is 3.03. The fourth-order valence-corrected chi connectivity index (χ4v) is 1.82. The van der Waals surface area contributed by atoms with Gasteiger partial charge in [-0.05, 0) is 29.7 Å². The summed E-state index contributed by atoms with van der Waals surface area (Å²) in [6.45, 7) is 3.47. The Morgan fingerprint density at radius 3 is 2.43 bits per heavy atom. The zero-order chi connectivity index (χ0) is 17.6. The van der Waals surface area contributed by atoms with Crippen molar-refractivity contribution >= 4 is 18.0 Å². The third-order valence-corrected chi connectivity index (χ3v) is 3.06. The van der Waals surface area contributed by atoms with E-state index in [1.807, 2.05) is 0 Å². The van der Waals surface area contributed by atoms with Gasteiger partial charge in [0.2, 0.25) is 5.91 Å². The second kappa shape index (κ2) is 7.80. The second-order valence-electron chi connectivity index (χ2n) is 5.21. The van der Waals surface area contributed by atoms with E-state index in [0.29, 0.717) is 0 Å². The van der Waals surface area contributed by atoms with E-state index < -0.39 is 29.7 Å². The minimum absolute atomic E-state index is 0.187. The van der Waals surface area contributed by atoms with Crippen molar-refractivity contribution in [3.05, 3.63) is 41.5 Å². The number of amides is 1. The number of alkyl halides is 3. The Hall–Kier alpha value is -2.31. The molecule has 1 aromatic carbocycles. The van der Waals surface area contributed by atoms with Gasteiger partial charge in [-0.1, -0.05) is 26.0 Å². The molecule has 0 radical (unpaired) electrons. The Labute approximate surface area is 132 Å². The SMILES string of the molecule is COC(=O)[C@@H](NC(=O)C=Cc1cccc(C(F)(F)F)c1)C(C)C. The molecule has 0 fully saturated rings. The van der Waals surface area contributed by atoms with Crippen molar-refractivity contribution in [2.24, 2.45) is 5.92 Å². The van der Waals surface area contributed by atoms with Gasteiger partial charge in [0.25, 0.3) is 0 Å². The summed E-state index contributed by atoms with van der Waals surface area (Å²) in [7, 11) is 1.21. The molecule has 126 valence electrons. The van der Waals surface area contributed by atoms with E-state index in [9.17, 15) is 22.8 Å². The number of hydrogen-bond acceptors (Lipinski definition) is 3. The summed E-state index contributed by atoms with van der Waals surface area (Å²) >= 11 is 0. The summed E-state index contributed by atoms with van der Waals surface area (Å²) in [5.74, 6) is -1.36. The predicted molar refractivity (Wildman–Crippen MR) is 79.3 cm³/mol. The van der Waals surface area contributed by atoms with E-state index in [-0.39, 0.29) is 11.5 Å². The standard InChI is InChI=1S/C16H18F3NO3/c1-10(2)14(15(22)23-3)20-13(21)8-7-11-5-4-6-12(9-11)16(17,18)19/h4-10,14H,1-3H3,(H,20,21)/t14-/m0/s1. The fourth-order valence-electron chi connectivity index (χ4n) is 1.82. The smallest absolute Gasteiger partial charge is 0.416 e. The summed E-state index contributed by atoms with van der Waals surface area (Å²) in [4.78, 5) is 23.3. The molecule has 1 rings (SSSR count). The van der Waals surface area contributed by atoms with Gasteiger partial charge in [-0.3, -0.25) is 4.79 Å². The van der Waals surface area contributed by atoms with Crippen molar-refractivity contribution in [3.8, 4) is 0 Å². The highest BCUT2D eigenvalue weighted by Gasteiger charge is 2.30. The van der Waals surface area contributed by atoms with Crippen LogP contribution in [0.4, 0.5) is 13.2 Å². The zero-order valence-corrected chi connectivity index (χ0v) is 13.0. The Morgan fingerprint density at radius 2 is 1.91 bits per heavy atom. The molecule has 4 nitrogen and oxygen atoms in total. The van der Waals surface area contributed by atoms with Crippen molar-refractivity contribution in [3.63, 3.8) is 0 Å². The molecular weight excluding hydrogens is 311 g/mol. The van der Waals surface area contributed by atoms with E-state index in [0.717, 1.165) is 18.2 Å². The molecule has 0 aromatic heterocycles. The molecule has 0 aliphatic rings. The molecule has 0 bridgehead atoms. The molecule has 1 atom stereocenters. The number of ether oxygens (including phenoxy) is 1. The molecule has 1 aromatic rings. The number of rotatable bonds is 5. The minimum Gasteiger partial charge on any atom is -0.467 e. The van der Waals surface area contributed by atoms with Gasteiger partial charge < -0.3 is 10.1 Å². The van der Waals surface area contributed by atoms with Gasteiger partial charge in [-0.15, -0.1) is 0 Å². The maximum atomic E-state index is 12.6. The quantitative estimate of drug-likeness (QED) is 0.667. The highest BCUT2D eigenvalue weighted by atomic mass is 19.4. The van der Waals surface area contributed by atoms with Crippen LogP contribution in [-0.4, -0.2) is 25.0 Å². The largest absolute Gasteiger partial charge is 0.467 e. The van der Waals surface area contributed by atoms with E-state index >= 15 is 0 Å². The van der Waals surface area contributed by atoms with Gasteiger partial charge in [-0.25, -0.2) is 4.79 Å². The number of halogens is 3. The van der Waals surface area contributed by atoms with Gasteiger partial charge in [-0.2, -0.15) is 13.2 Å².